The van der Waals surface area contributed by atoms with Crippen LogP contribution >= 0.6 is 0 Å². The van der Waals surface area contributed by atoms with Gasteiger partial charge in [-0.05, 0) is 18.3 Å². The van der Waals surface area contributed by atoms with Crippen molar-refractivity contribution in [3.8, 4) is 0 Å². The number of nitrogens with one attached hydrogen (secondary N) is 1. The quantitative estimate of drug-likeness (QED) is 0.546. The first-order valence-electron chi connectivity index (χ1n) is 7.84. The van der Waals surface area contributed by atoms with Gasteiger partial charge in [0.2, 0.25) is 0 Å². The normalized spacial score (nSPS) is 19.6. The van der Waals surface area contributed by atoms with Crippen molar-refractivity contribution in [1.29, 1.82) is 0 Å². The average molecular weight is 284 g/mol. The number of hydrogen-bond acceptors (Lipinski definition) is 3. The number of guanidine groups is 1. The minimum Gasteiger partial charge on any atom is -0.379 e. The Morgan fingerprint density at radius 1 is 1.20 bits per heavy atom. The van der Waals surface area contributed by atoms with Crippen LogP contribution in [0.25, 0.3) is 0 Å². The molecule has 0 aromatic rings. The first-order valence-corrected chi connectivity index (χ1v) is 7.84. The van der Waals surface area contributed by atoms with E-state index in [1.54, 1.807) is 0 Å². The van der Waals surface area contributed by atoms with Crippen LogP contribution in [0.3, 0.4) is 0 Å². The molecule has 1 aliphatic heterocycles. The first-order chi connectivity index (χ1) is 9.49. The molecule has 1 aliphatic rings. The Morgan fingerprint density at radius 3 is 2.40 bits per heavy atom. The van der Waals surface area contributed by atoms with E-state index in [1.165, 1.54) is 6.42 Å². The van der Waals surface area contributed by atoms with Crippen molar-refractivity contribution in [2.45, 2.75) is 40.2 Å². The van der Waals surface area contributed by atoms with Gasteiger partial charge in [-0.1, -0.05) is 27.7 Å². The first kappa shape index (κ1) is 17.2. The summed E-state index contributed by atoms with van der Waals surface area (Å²) in [6, 6.07) is 0.506. The van der Waals surface area contributed by atoms with Crippen molar-refractivity contribution in [3.63, 3.8) is 0 Å². The summed E-state index contributed by atoms with van der Waals surface area (Å²) in [6.07, 6.45) is 1.17. The number of morpholine rings is 1. The second kappa shape index (κ2) is 9.19. The van der Waals surface area contributed by atoms with Crippen molar-refractivity contribution in [3.05, 3.63) is 0 Å². The number of ether oxygens (including phenoxy) is 1. The van der Waals surface area contributed by atoms with Gasteiger partial charge in [0.15, 0.2) is 5.96 Å². The highest BCUT2D eigenvalue weighted by atomic mass is 16.5. The van der Waals surface area contributed by atoms with E-state index in [2.05, 4.69) is 42.9 Å². The van der Waals surface area contributed by atoms with Gasteiger partial charge in [0, 0.05) is 32.2 Å². The number of aliphatic imine (C=N–C) groups is 1. The van der Waals surface area contributed by atoms with E-state index in [1.807, 2.05) is 0 Å². The summed E-state index contributed by atoms with van der Waals surface area (Å²) in [7, 11) is 0. The van der Waals surface area contributed by atoms with Crippen molar-refractivity contribution >= 4 is 5.96 Å². The van der Waals surface area contributed by atoms with Crippen LogP contribution in [0.4, 0.5) is 0 Å². The molecular formula is C15H32N4O. The zero-order valence-corrected chi connectivity index (χ0v) is 13.6. The molecule has 5 nitrogen and oxygen atoms in total. The molecule has 0 bridgehead atoms. The molecule has 3 N–H and O–H groups in total. The fourth-order valence-corrected chi connectivity index (χ4v) is 2.41. The highest BCUT2D eigenvalue weighted by molar-refractivity contribution is 5.77. The van der Waals surface area contributed by atoms with Crippen molar-refractivity contribution in [2.75, 3.05) is 39.4 Å². The summed E-state index contributed by atoms with van der Waals surface area (Å²) in [5.41, 5.74) is 5.93. The maximum absolute atomic E-state index is 5.93. The average Bonchev–Trinajstić information content (AvgIpc) is 2.41. The summed E-state index contributed by atoms with van der Waals surface area (Å²) in [5.74, 6) is 1.79. The van der Waals surface area contributed by atoms with Gasteiger partial charge in [-0.2, -0.15) is 0 Å². The Balaban J connectivity index is 2.45. The van der Waals surface area contributed by atoms with Crippen LogP contribution in [0.1, 0.15) is 34.1 Å². The van der Waals surface area contributed by atoms with Gasteiger partial charge in [0.05, 0.1) is 13.2 Å². The number of rotatable bonds is 7. The zero-order chi connectivity index (χ0) is 15.0. The monoisotopic (exact) mass is 284 g/mol. The summed E-state index contributed by atoms with van der Waals surface area (Å²) in [6.45, 7) is 14.2. The molecule has 1 atom stereocenters. The summed E-state index contributed by atoms with van der Waals surface area (Å²) >= 11 is 0. The fourth-order valence-electron chi connectivity index (χ4n) is 2.41. The van der Waals surface area contributed by atoms with Crippen LogP contribution in [0, 0.1) is 11.8 Å². The summed E-state index contributed by atoms with van der Waals surface area (Å²) in [5, 5.41) is 3.29. The number of hydrogen-bond donors (Lipinski definition) is 2. The third kappa shape index (κ3) is 7.10. The number of nitrogens with two attached hydrogens (primary N) is 1. The van der Waals surface area contributed by atoms with Crippen LogP contribution in [0.5, 0.6) is 0 Å². The molecule has 1 saturated heterocycles. The van der Waals surface area contributed by atoms with Gasteiger partial charge >= 0.3 is 0 Å². The van der Waals surface area contributed by atoms with Crippen molar-refractivity contribution < 1.29 is 4.74 Å². The maximum Gasteiger partial charge on any atom is 0.188 e. The standard InChI is InChI=1S/C15H32N4O/c1-12(2)9-14(19-5-7-20-8-6-19)11-18-15(16)17-10-13(3)4/h12-14H,5-11H2,1-4H3,(H3,16,17,18). The second-order valence-corrected chi connectivity index (χ2v) is 6.43. The van der Waals surface area contributed by atoms with E-state index in [4.69, 9.17) is 10.5 Å². The lowest BCUT2D eigenvalue weighted by Crippen LogP contribution is -2.50. The van der Waals surface area contributed by atoms with Gasteiger partial charge in [0.25, 0.3) is 0 Å². The largest absolute Gasteiger partial charge is 0.379 e. The molecule has 0 radical (unpaired) electrons. The highest BCUT2D eigenvalue weighted by Crippen LogP contribution is 2.12. The SMILES string of the molecule is CC(C)CN=C(N)NCC(CC(C)C)N1CCOCC1. The molecule has 1 fully saturated rings. The summed E-state index contributed by atoms with van der Waals surface area (Å²) < 4.78 is 5.43. The Morgan fingerprint density at radius 2 is 1.85 bits per heavy atom. The van der Waals surface area contributed by atoms with Crippen molar-refractivity contribution in [2.24, 2.45) is 22.6 Å². The summed E-state index contributed by atoms with van der Waals surface area (Å²) in [4.78, 5) is 6.87. The van der Waals surface area contributed by atoms with Crippen molar-refractivity contribution in [1.82, 2.24) is 10.2 Å². The Hall–Kier alpha value is -0.810. The molecule has 1 rings (SSSR count). The molecule has 0 spiro atoms. The van der Waals surface area contributed by atoms with E-state index in [0.29, 0.717) is 23.8 Å². The van der Waals surface area contributed by atoms with Crippen LogP contribution < -0.4 is 11.1 Å². The molecule has 0 saturated carbocycles. The van der Waals surface area contributed by atoms with E-state index >= 15 is 0 Å². The lowest BCUT2D eigenvalue weighted by Gasteiger charge is -2.35. The molecule has 1 unspecified atom stereocenters. The topological polar surface area (TPSA) is 62.9 Å². The van der Waals surface area contributed by atoms with Crippen LogP contribution in [-0.4, -0.2) is 56.3 Å². The minimum atomic E-state index is 0.506. The Bertz CT molecular complexity index is 286. The second-order valence-electron chi connectivity index (χ2n) is 6.43. The van der Waals surface area contributed by atoms with E-state index < -0.39 is 0 Å². The third-order valence-corrected chi connectivity index (χ3v) is 3.45. The van der Waals surface area contributed by atoms with Gasteiger partial charge < -0.3 is 15.8 Å². The van der Waals surface area contributed by atoms with Crippen LogP contribution in [0.15, 0.2) is 4.99 Å². The zero-order valence-electron chi connectivity index (χ0n) is 13.6. The predicted molar refractivity (Wildman–Crippen MR) is 85.0 cm³/mol. The van der Waals surface area contributed by atoms with Crippen LogP contribution in [-0.2, 0) is 4.74 Å². The Kier molecular flexibility index (Phi) is 7.92. The van der Waals surface area contributed by atoms with E-state index in [9.17, 15) is 0 Å². The van der Waals surface area contributed by atoms with E-state index in [0.717, 1.165) is 39.4 Å². The molecule has 118 valence electrons. The van der Waals surface area contributed by atoms with Gasteiger partial charge in [0.1, 0.15) is 0 Å². The minimum absolute atomic E-state index is 0.506. The lowest BCUT2D eigenvalue weighted by molar-refractivity contribution is 0.0133. The van der Waals surface area contributed by atoms with Gasteiger partial charge in [-0.3, -0.25) is 9.89 Å². The molecule has 20 heavy (non-hydrogen) atoms. The molecule has 5 heteroatoms. The molecule has 1 heterocycles. The number of nitrogens with zero attached hydrogens (tertiary/aromatic N) is 2. The highest BCUT2D eigenvalue weighted by Gasteiger charge is 2.21. The smallest absolute Gasteiger partial charge is 0.188 e. The molecule has 0 amide bonds. The van der Waals surface area contributed by atoms with Gasteiger partial charge in [-0.15, -0.1) is 0 Å². The fraction of sp³-hybridized carbons (Fsp3) is 0.933. The molecular weight excluding hydrogens is 252 g/mol. The third-order valence-electron chi connectivity index (χ3n) is 3.45. The predicted octanol–water partition coefficient (Wildman–Crippen LogP) is 1.29. The molecule has 0 aromatic heterocycles. The molecule has 0 aliphatic carbocycles. The lowest BCUT2D eigenvalue weighted by atomic mass is 10.0. The molecule has 0 aromatic carbocycles. The maximum atomic E-state index is 5.93. The Labute approximate surface area is 124 Å². The van der Waals surface area contributed by atoms with Crippen LogP contribution in [0.2, 0.25) is 0 Å². The van der Waals surface area contributed by atoms with Gasteiger partial charge in [-0.25, -0.2) is 0 Å². The van der Waals surface area contributed by atoms with E-state index in [-0.39, 0.29) is 0 Å².